The summed E-state index contributed by atoms with van der Waals surface area (Å²) >= 11 is 0. The van der Waals surface area contributed by atoms with E-state index in [0.29, 0.717) is 6.04 Å². The number of piperidine rings is 2. The largest absolute Gasteiger partial charge is 0.392 e. The molecule has 0 aromatic heterocycles. The van der Waals surface area contributed by atoms with E-state index in [1.165, 1.54) is 11.8 Å². The molecule has 0 amide bonds. The smallest absolute Gasteiger partial charge is 0.123 e. The van der Waals surface area contributed by atoms with Crippen LogP contribution in [0.5, 0.6) is 0 Å². The van der Waals surface area contributed by atoms with Gasteiger partial charge < -0.3 is 10.0 Å². The zero-order valence-corrected chi connectivity index (χ0v) is 15.1. The van der Waals surface area contributed by atoms with E-state index in [2.05, 4.69) is 34.1 Å². The summed E-state index contributed by atoms with van der Waals surface area (Å²) < 4.78 is 13.4. The van der Waals surface area contributed by atoms with Gasteiger partial charge in [-0.2, -0.15) is 0 Å². The van der Waals surface area contributed by atoms with Gasteiger partial charge in [-0.1, -0.05) is 24.3 Å². The maximum atomic E-state index is 13.4. The predicted octanol–water partition coefficient (Wildman–Crippen LogP) is 3.92. The van der Waals surface area contributed by atoms with Gasteiger partial charge in [-0.05, 0) is 67.6 Å². The first-order valence-electron chi connectivity index (χ1n) is 9.72. The monoisotopic (exact) mass is 354 g/mol. The fourth-order valence-corrected chi connectivity index (χ4v) is 4.34. The Morgan fingerprint density at radius 2 is 1.65 bits per heavy atom. The maximum Gasteiger partial charge on any atom is 0.123 e. The van der Waals surface area contributed by atoms with Crippen LogP contribution >= 0.6 is 0 Å². The Kier molecular flexibility index (Phi) is 5.23. The maximum absolute atomic E-state index is 13.4. The summed E-state index contributed by atoms with van der Waals surface area (Å²) in [6.45, 7) is 4.07. The molecule has 2 saturated heterocycles. The van der Waals surface area contributed by atoms with Crippen molar-refractivity contribution >= 4 is 5.69 Å². The molecular weight excluding hydrogens is 327 g/mol. The van der Waals surface area contributed by atoms with E-state index < -0.39 is 0 Å². The molecule has 3 nitrogen and oxygen atoms in total. The first kappa shape index (κ1) is 17.5. The molecule has 0 unspecified atom stereocenters. The van der Waals surface area contributed by atoms with Crippen molar-refractivity contribution in [2.75, 3.05) is 31.1 Å². The molecule has 0 spiro atoms. The van der Waals surface area contributed by atoms with Gasteiger partial charge in [0, 0.05) is 31.4 Å². The molecule has 0 radical (unpaired) electrons. The number of nitrogens with zero attached hydrogens (tertiary/aromatic N) is 2. The Hall–Kier alpha value is -1.91. The number of aliphatic hydroxyl groups excluding tert-OH is 1. The predicted molar refractivity (Wildman–Crippen MR) is 104 cm³/mol. The Morgan fingerprint density at radius 3 is 2.35 bits per heavy atom. The van der Waals surface area contributed by atoms with Crippen LogP contribution in [0.4, 0.5) is 10.1 Å². The first-order chi connectivity index (χ1) is 12.7. The van der Waals surface area contributed by atoms with Crippen molar-refractivity contribution in [2.45, 2.75) is 37.8 Å². The van der Waals surface area contributed by atoms with Crippen LogP contribution in [-0.4, -0.2) is 48.3 Å². The van der Waals surface area contributed by atoms with Crippen molar-refractivity contribution in [3.8, 4) is 11.1 Å². The topological polar surface area (TPSA) is 26.7 Å². The molecule has 4 heteroatoms. The van der Waals surface area contributed by atoms with Gasteiger partial charge >= 0.3 is 0 Å². The van der Waals surface area contributed by atoms with Gasteiger partial charge in [0.05, 0.1) is 6.10 Å². The second-order valence-electron chi connectivity index (χ2n) is 7.57. The summed E-state index contributed by atoms with van der Waals surface area (Å²) in [5.74, 6) is -0.198. The normalized spacial score (nSPS) is 22.5. The molecule has 0 saturated carbocycles. The van der Waals surface area contributed by atoms with Crippen molar-refractivity contribution in [1.82, 2.24) is 4.90 Å². The molecule has 2 aliphatic rings. The highest BCUT2D eigenvalue weighted by Gasteiger charge is 2.28. The van der Waals surface area contributed by atoms with Crippen LogP contribution in [0.1, 0.15) is 25.7 Å². The number of rotatable bonds is 3. The van der Waals surface area contributed by atoms with Crippen LogP contribution in [-0.2, 0) is 0 Å². The van der Waals surface area contributed by atoms with Gasteiger partial charge in [0.15, 0.2) is 0 Å². The van der Waals surface area contributed by atoms with Crippen molar-refractivity contribution < 1.29 is 9.50 Å². The summed E-state index contributed by atoms with van der Waals surface area (Å²) in [5.41, 5.74) is 3.20. The Balaban J connectivity index is 1.37. The fourth-order valence-electron chi connectivity index (χ4n) is 4.34. The molecule has 1 atom stereocenters. The van der Waals surface area contributed by atoms with E-state index in [9.17, 15) is 9.50 Å². The zero-order valence-electron chi connectivity index (χ0n) is 15.1. The Bertz CT molecular complexity index is 725. The number of hydrogen-bond donors (Lipinski definition) is 1. The van der Waals surface area contributed by atoms with Crippen molar-refractivity contribution in [3.63, 3.8) is 0 Å². The van der Waals surface area contributed by atoms with E-state index in [4.69, 9.17) is 0 Å². The van der Waals surface area contributed by atoms with Gasteiger partial charge in [0.1, 0.15) is 5.82 Å². The third-order valence-electron chi connectivity index (χ3n) is 5.80. The molecule has 2 aromatic carbocycles. The van der Waals surface area contributed by atoms with Crippen molar-refractivity contribution in [1.29, 1.82) is 0 Å². The lowest BCUT2D eigenvalue weighted by atomic mass is 9.98. The third-order valence-corrected chi connectivity index (χ3v) is 5.80. The lowest BCUT2D eigenvalue weighted by Crippen LogP contribution is -2.49. The van der Waals surface area contributed by atoms with Gasteiger partial charge in [0.25, 0.3) is 0 Å². The molecule has 0 aliphatic carbocycles. The molecule has 2 heterocycles. The van der Waals surface area contributed by atoms with E-state index >= 15 is 0 Å². The van der Waals surface area contributed by atoms with Crippen LogP contribution in [0.25, 0.3) is 11.1 Å². The SMILES string of the molecule is O[C@@H]1CCCN(C2CCN(c3ccc(-c4cccc(F)c4)cc3)CC2)C1. The lowest BCUT2D eigenvalue weighted by Gasteiger charge is -2.42. The number of anilines is 1. The highest BCUT2D eigenvalue weighted by Crippen LogP contribution is 2.27. The summed E-state index contributed by atoms with van der Waals surface area (Å²) in [5, 5.41) is 9.90. The second-order valence-corrected chi connectivity index (χ2v) is 7.57. The number of aliphatic hydroxyl groups is 1. The summed E-state index contributed by atoms with van der Waals surface area (Å²) in [4.78, 5) is 4.92. The van der Waals surface area contributed by atoms with Crippen LogP contribution in [0.15, 0.2) is 48.5 Å². The average molecular weight is 354 g/mol. The van der Waals surface area contributed by atoms with Gasteiger partial charge in [-0.15, -0.1) is 0 Å². The van der Waals surface area contributed by atoms with Crippen molar-refractivity contribution in [3.05, 3.63) is 54.3 Å². The minimum atomic E-state index is -0.198. The zero-order chi connectivity index (χ0) is 17.9. The standard InChI is InChI=1S/C22H27FN2O/c23-19-4-1-3-18(15-19)17-6-8-20(9-7-17)24-13-10-21(11-14-24)25-12-2-5-22(26)16-25/h1,3-4,6-9,15,21-22,26H,2,5,10-14,16H2/t22-/m1/s1. The molecule has 4 rings (SSSR count). The second kappa shape index (κ2) is 7.77. The van der Waals surface area contributed by atoms with Crippen LogP contribution in [0.2, 0.25) is 0 Å². The molecule has 2 aromatic rings. The number of hydrogen-bond acceptors (Lipinski definition) is 3. The van der Waals surface area contributed by atoms with E-state index in [-0.39, 0.29) is 11.9 Å². The van der Waals surface area contributed by atoms with E-state index in [1.807, 2.05) is 6.07 Å². The average Bonchev–Trinajstić information content (AvgIpc) is 2.68. The number of halogens is 1. The Labute approximate surface area is 155 Å². The summed E-state index contributed by atoms with van der Waals surface area (Å²) in [6, 6.07) is 15.8. The molecular formula is C22H27FN2O. The van der Waals surface area contributed by atoms with Gasteiger partial charge in [0.2, 0.25) is 0 Å². The molecule has 2 fully saturated rings. The van der Waals surface area contributed by atoms with Gasteiger partial charge in [-0.3, -0.25) is 4.90 Å². The van der Waals surface area contributed by atoms with Crippen molar-refractivity contribution in [2.24, 2.45) is 0 Å². The summed E-state index contributed by atoms with van der Waals surface area (Å²) in [6.07, 6.45) is 4.23. The highest BCUT2D eigenvalue weighted by molar-refractivity contribution is 5.66. The minimum absolute atomic E-state index is 0.142. The third kappa shape index (κ3) is 3.92. The fraction of sp³-hybridized carbons (Fsp3) is 0.455. The quantitative estimate of drug-likeness (QED) is 0.905. The van der Waals surface area contributed by atoms with Crippen LogP contribution in [0, 0.1) is 5.82 Å². The number of β-amino-alcohol motifs (C(OH)–C–C–N with tert-alkyl or cyclic N) is 1. The molecule has 2 aliphatic heterocycles. The van der Waals surface area contributed by atoms with E-state index in [1.54, 1.807) is 12.1 Å². The van der Waals surface area contributed by atoms with E-state index in [0.717, 1.165) is 63.0 Å². The molecule has 26 heavy (non-hydrogen) atoms. The molecule has 1 N–H and O–H groups in total. The summed E-state index contributed by atoms with van der Waals surface area (Å²) in [7, 11) is 0. The highest BCUT2D eigenvalue weighted by atomic mass is 19.1. The molecule has 0 bridgehead atoms. The molecule has 138 valence electrons. The Morgan fingerprint density at radius 1 is 0.885 bits per heavy atom. The first-order valence-corrected chi connectivity index (χ1v) is 9.72. The van der Waals surface area contributed by atoms with Crippen LogP contribution in [0.3, 0.4) is 0 Å². The number of benzene rings is 2. The van der Waals surface area contributed by atoms with Gasteiger partial charge in [-0.25, -0.2) is 4.39 Å². The number of likely N-dealkylation sites (tertiary alicyclic amines) is 1. The van der Waals surface area contributed by atoms with Crippen LogP contribution < -0.4 is 4.90 Å². The lowest BCUT2D eigenvalue weighted by molar-refractivity contribution is 0.0398. The minimum Gasteiger partial charge on any atom is -0.392 e.